The lowest BCUT2D eigenvalue weighted by Crippen LogP contribution is -2.37. The van der Waals surface area contributed by atoms with Gasteiger partial charge in [-0.15, -0.1) is 0 Å². The molecule has 2 heteroatoms. The molecule has 0 aromatic heterocycles. The van der Waals surface area contributed by atoms with Gasteiger partial charge in [-0.3, -0.25) is 4.90 Å². The van der Waals surface area contributed by atoms with Crippen LogP contribution in [0.2, 0.25) is 0 Å². The van der Waals surface area contributed by atoms with Gasteiger partial charge in [0.05, 0.1) is 6.10 Å². The summed E-state index contributed by atoms with van der Waals surface area (Å²) in [4.78, 5) is 2.63. The van der Waals surface area contributed by atoms with Crippen LogP contribution in [0.5, 0.6) is 0 Å². The zero-order chi connectivity index (χ0) is 19.3. The lowest BCUT2D eigenvalue weighted by atomic mass is 9.74. The van der Waals surface area contributed by atoms with Crippen molar-refractivity contribution in [1.82, 2.24) is 4.90 Å². The predicted octanol–water partition coefficient (Wildman–Crippen LogP) is 5.52. The van der Waals surface area contributed by atoms with E-state index in [2.05, 4.69) is 54.0 Å². The van der Waals surface area contributed by atoms with Crippen LogP contribution in [-0.2, 0) is 6.54 Å². The quantitative estimate of drug-likeness (QED) is 0.674. The number of hydrogen-bond acceptors (Lipinski definition) is 2. The van der Waals surface area contributed by atoms with E-state index >= 15 is 0 Å². The van der Waals surface area contributed by atoms with E-state index in [0.29, 0.717) is 24.3 Å². The van der Waals surface area contributed by atoms with Crippen molar-refractivity contribution in [3.05, 3.63) is 96.1 Å². The topological polar surface area (TPSA) is 23.5 Å². The first-order chi connectivity index (χ1) is 13.7. The van der Waals surface area contributed by atoms with Gasteiger partial charge in [-0.25, -0.2) is 0 Å². The molecule has 0 radical (unpaired) electrons. The summed E-state index contributed by atoms with van der Waals surface area (Å²) in [5.74, 6) is 1.11. The Morgan fingerprint density at radius 1 is 1.04 bits per heavy atom. The molecule has 1 heterocycles. The summed E-state index contributed by atoms with van der Waals surface area (Å²) < 4.78 is 0. The standard InChI is InChI=1S/C26H31NO/c1-20-18-27(19-21-10-4-2-5-11-21)24-16-8-14-23(26(20)24)15-9-17-25(28)22-12-6-3-7-13-22/h2-7,9-13,15,23-26,28H,1,8,14,16-19H2/b15-9+/t23-,24-,25?,26+/m1/s1. The fourth-order valence-electron chi connectivity index (χ4n) is 5.08. The zero-order valence-corrected chi connectivity index (χ0v) is 16.6. The minimum atomic E-state index is -0.418. The van der Waals surface area contributed by atoms with Gasteiger partial charge < -0.3 is 5.11 Å². The number of benzene rings is 2. The van der Waals surface area contributed by atoms with Crippen molar-refractivity contribution in [3.8, 4) is 0 Å². The molecule has 1 aliphatic heterocycles. The van der Waals surface area contributed by atoms with E-state index in [9.17, 15) is 5.11 Å². The Labute approximate surface area is 169 Å². The minimum absolute atomic E-state index is 0.418. The van der Waals surface area contributed by atoms with E-state index in [1.165, 1.54) is 30.4 Å². The third-order valence-electron chi connectivity index (χ3n) is 6.42. The van der Waals surface area contributed by atoms with Crippen molar-refractivity contribution in [2.75, 3.05) is 6.54 Å². The van der Waals surface area contributed by atoms with Crippen LogP contribution in [0.25, 0.3) is 0 Å². The molecule has 1 unspecified atom stereocenters. The zero-order valence-electron chi connectivity index (χ0n) is 16.6. The van der Waals surface area contributed by atoms with Crippen LogP contribution in [0.15, 0.2) is 85.0 Å². The lowest BCUT2D eigenvalue weighted by molar-refractivity contribution is 0.154. The van der Waals surface area contributed by atoms with Crippen molar-refractivity contribution in [2.45, 2.75) is 44.4 Å². The van der Waals surface area contributed by atoms with Crippen LogP contribution in [0.4, 0.5) is 0 Å². The fourth-order valence-corrected chi connectivity index (χ4v) is 5.08. The highest BCUT2D eigenvalue weighted by atomic mass is 16.3. The molecule has 2 aromatic carbocycles. The van der Waals surface area contributed by atoms with Gasteiger partial charge in [-0.1, -0.05) is 91.4 Å². The summed E-state index contributed by atoms with van der Waals surface area (Å²) in [7, 11) is 0. The number of nitrogens with zero attached hydrogens (tertiary/aromatic N) is 1. The molecule has 28 heavy (non-hydrogen) atoms. The van der Waals surface area contributed by atoms with Crippen LogP contribution in [0, 0.1) is 11.8 Å². The van der Waals surface area contributed by atoms with Gasteiger partial charge in [-0.2, -0.15) is 0 Å². The van der Waals surface area contributed by atoms with Gasteiger partial charge in [0.25, 0.3) is 0 Å². The molecule has 1 saturated heterocycles. The summed E-state index contributed by atoms with van der Waals surface area (Å²) >= 11 is 0. The second-order valence-corrected chi connectivity index (χ2v) is 8.33. The number of rotatable bonds is 6. The molecule has 1 saturated carbocycles. The molecular weight excluding hydrogens is 342 g/mol. The normalized spacial score (nSPS) is 26.5. The number of likely N-dealkylation sites (tertiary alicyclic amines) is 1. The molecule has 2 aliphatic rings. The van der Waals surface area contributed by atoms with Crippen molar-refractivity contribution in [1.29, 1.82) is 0 Å². The van der Waals surface area contributed by atoms with E-state index in [1.807, 2.05) is 30.3 Å². The average Bonchev–Trinajstić information content (AvgIpc) is 3.05. The van der Waals surface area contributed by atoms with Crippen molar-refractivity contribution in [3.63, 3.8) is 0 Å². The molecule has 0 amide bonds. The Morgan fingerprint density at radius 3 is 2.50 bits per heavy atom. The maximum absolute atomic E-state index is 10.4. The van der Waals surface area contributed by atoms with Gasteiger partial charge in [0, 0.05) is 25.0 Å². The maximum Gasteiger partial charge on any atom is 0.0824 e. The summed E-state index contributed by atoms with van der Waals surface area (Å²) in [6.45, 7) is 6.48. The third kappa shape index (κ3) is 4.29. The van der Waals surface area contributed by atoms with E-state index in [-0.39, 0.29) is 0 Å². The third-order valence-corrected chi connectivity index (χ3v) is 6.42. The molecule has 4 rings (SSSR count). The summed E-state index contributed by atoms with van der Waals surface area (Å²) in [6, 6.07) is 21.3. The summed E-state index contributed by atoms with van der Waals surface area (Å²) in [6.07, 6.45) is 8.59. The molecule has 146 valence electrons. The van der Waals surface area contributed by atoms with Crippen LogP contribution in [0.3, 0.4) is 0 Å². The van der Waals surface area contributed by atoms with Gasteiger partial charge in [-0.05, 0) is 36.3 Å². The highest BCUT2D eigenvalue weighted by molar-refractivity contribution is 5.23. The van der Waals surface area contributed by atoms with Crippen LogP contribution < -0.4 is 0 Å². The van der Waals surface area contributed by atoms with Gasteiger partial charge in [0.1, 0.15) is 0 Å². The number of fused-ring (bicyclic) bond motifs is 1. The van der Waals surface area contributed by atoms with E-state index in [0.717, 1.165) is 18.7 Å². The van der Waals surface area contributed by atoms with Gasteiger partial charge in [0.15, 0.2) is 0 Å². The SMILES string of the molecule is C=C1CN(Cc2ccccc2)[C@@H]2CCC[C@H](/C=C/CC(O)c3ccccc3)[C@H]12. The molecular formula is C26H31NO. The van der Waals surface area contributed by atoms with Crippen molar-refractivity contribution in [2.24, 2.45) is 11.8 Å². The van der Waals surface area contributed by atoms with Crippen molar-refractivity contribution < 1.29 is 5.11 Å². The predicted molar refractivity (Wildman–Crippen MR) is 116 cm³/mol. The van der Waals surface area contributed by atoms with Crippen LogP contribution >= 0.6 is 0 Å². The Morgan fingerprint density at radius 2 is 1.75 bits per heavy atom. The first-order valence-corrected chi connectivity index (χ1v) is 10.6. The Kier molecular flexibility index (Phi) is 6.09. The first-order valence-electron chi connectivity index (χ1n) is 10.6. The molecule has 2 nitrogen and oxygen atoms in total. The summed E-state index contributed by atoms with van der Waals surface area (Å²) in [5.41, 5.74) is 3.77. The molecule has 0 spiro atoms. The van der Waals surface area contributed by atoms with Crippen LogP contribution in [0.1, 0.15) is 42.9 Å². The first kappa shape index (κ1) is 19.2. The molecule has 1 N–H and O–H groups in total. The molecule has 4 atom stereocenters. The van der Waals surface area contributed by atoms with E-state index in [4.69, 9.17) is 0 Å². The number of aliphatic hydroxyl groups excluding tert-OH is 1. The molecule has 0 bridgehead atoms. The summed E-state index contributed by atoms with van der Waals surface area (Å²) in [5, 5.41) is 10.4. The van der Waals surface area contributed by atoms with E-state index < -0.39 is 6.10 Å². The average molecular weight is 374 g/mol. The largest absolute Gasteiger partial charge is 0.388 e. The van der Waals surface area contributed by atoms with Gasteiger partial charge >= 0.3 is 0 Å². The van der Waals surface area contributed by atoms with Crippen molar-refractivity contribution >= 4 is 0 Å². The second-order valence-electron chi connectivity index (χ2n) is 8.33. The van der Waals surface area contributed by atoms with Gasteiger partial charge in [0.2, 0.25) is 0 Å². The molecule has 1 aliphatic carbocycles. The monoisotopic (exact) mass is 373 g/mol. The lowest BCUT2D eigenvalue weighted by Gasteiger charge is -2.36. The fraction of sp³-hybridized carbons (Fsp3) is 0.385. The Bertz CT molecular complexity index is 798. The molecule has 2 fully saturated rings. The maximum atomic E-state index is 10.4. The Balaban J connectivity index is 1.40. The molecule has 2 aromatic rings. The smallest absolute Gasteiger partial charge is 0.0824 e. The Hall–Kier alpha value is -2.16. The number of hydrogen-bond donors (Lipinski definition) is 1. The van der Waals surface area contributed by atoms with Crippen LogP contribution in [-0.4, -0.2) is 22.6 Å². The number of allylic oxidation sites excluding steroid dienone is 1. The number of aliphatic hydroxyl groups is 1. The van der Waals surface area contributed by atoms with E-state index in [1.54, 1.807) is 0 Å². The minimum Gasteiger partial charge on any atom is -0.388 e. The highest BCUT2D eigenvalue weighted by Gasteiger charge is 2.42. The second kappa shape index (κ2) is 8.89. The highest BCUT2D eigenvalue weighted by Crippen LogP contribution is 2.43.